The first-order valence-corrected chi connectivity index (χ1v) is 7.81. The summed E-state index contributed by atoms with van der Waals surface area (Å²) in [7, 11) is -4.10. The lowest BCUT2D eigenvalue weighted by molar-refractivity contribution is -0.137. The number of hydrogen-bond donors (Lipinski definition) is 2. The molecular formula is C11H13BrF3NO3S. The van der Waals surface area contributed by atoms with Gasteiger partial charge in [0.2, 0.25) is 10.0 Å². The Morgan fingerprint density at radius 2 is 2.00 bits per heavy atom. The number of sulfonamides is 1. The molecule has 0 aromatic heterocycles. The highest BCUT2D eigenvalue weighted by Gasteiger charge is 2.32. The SMILES string of the molecule is CC(CC(F)(F)F)NS(=O)(=O)c1cc(CO)ccc1Br. The Kier molecular flexibility index (Phi) is 5.59. The van der Waals surface area contributed by atoms with Crippen molar-refractivity contribution < 1.29 is 26.7 Å². The van der Waals surface area contributed by atoms with Gasteiger partial charge in [-0.3, -0.25) is 0 Å². The number of halogens is 4. The van der Waals surface area contributed by atoms with Crippen molar-refractivity contribution in [3.8, 4) is 0 Å². The molecule has 0 amide bonds. The predicted octanol–water partition coefficient (Wildman–Crippen LogP) is 2.56. The Hall–Kier alpha value is -0.640. The zero-order valence-electron chi connectivity index (χ0n) is 10.4. The van der Waals surface area contributed by atoms with Crippen LogP contribution in [0.1, 0.15) is 18.9 Å². The van der Waals surface area contributed by atoms with Crippen molar-refractivity contribution in [2.24, 2.45) is 0 Å². The molecule has 20 heavy (non-hydrogen) atoms. The molecule has 114 valence electrons. The minimum Gasteiger partial charge on any atom is -0.392 e. The second-order valence-electron chi connectivity index (χ2n) is 4.26. The molecular weight excluding hydrogens is 363 g/mol. The van der Waals surface area contributed by atoms with E-state index in [0.29, 0.717) is 5.56 Å². The minimum atomic E-state index is -4.45. The summed E-state index contributed by atoms with van der Waals surface area (Å²) in [6, 6.07) is 2.83. The molecule has 1 aromatic rings. The molecule has 0 aliphatic rings. The summed E-state index contributed by atoms with van der Waals surface area (Å²) in [5, 5.41) is 8.97. The Balaban J connectivity index is 2.99. The minimum absolute atomic E-state index is 0.210. The zero-order chi connectivity index (χ0) is 15.6. The van der Waals surface area contributed by atoms with Crippen molar-refractivity contribution in [2.45, 2.75) is 37.1 Å². The van der Waals surface area contributed by atoms with Crippen molar-refractivity contribution in [3.05, 3.63) is 28.2 Å². The van der Waals surface area contributed by atoms with Crippen LogP contribution in [-0.4, -0.2) is 25.7 Å². The van der Waals surface area contributed by atoms with Crippen LogP contribution < -0.4 is 4.72 Å². The summed E-state index contributed by atoms with van der Waals surface area (Å²) in [5.41, 5.74) is 0.344. The van der Waals surface area contributed by atoms with Crippen molar-refractivity contribution in [1.82, 2.24) is 4.72 Å². The maximum absolute atomic E-state index is 12.2. The van der Waals surface area contributed by atoms with E-state index in [1.165, 1.54) is 18.2 Å². The molecule has 1 aromatic carbocycles. The van der Waals surface area contributed by atoms with E-state index in [1.807, 2.05) is 4.72 Å². The highest BCUT2D eigenvalue weighted by Crippen LogP contribution is 2.25. The van der Waals surface area contributed by atoms with Crippen LogP contribution in [0.15, 0.2) is 27.6 Å². The number of alkyl halides is 3. The third-order valence-electron chi connectivity index (χ3n) is 2.36. The molecule has 0 saturated heterocycles. The normalized spacial score (nSPS) is 14.3. The summed E-state index contributed by atoms with van der Waals surface area (Å²) in [4.78, 5) is -0.210. The summed E-state index contributed by atoms with van der Waals surface area (Å²) >= 11 is 3.02. The number of nitrogens with one attached hydrogen (secondary N) is 1. The van der Waals surface area contributed by atoms with Gasteiger partial charge in [-0.25, -0.2) is 13.1 Å². The van der Waals surface area contributed by atoms with Gasteiger partial charge in [0.15, 0.2) is 0 Å². The molecule has 4 nitrogen and oxygen atoms in total. The van der Waals surface area contributed by atoms with E-state index < -0.39 is 28.7 Å². The number of rotatable bonds is 5. The molecule has 1 rings (SSSR count). The Bertz CT molecular complexity index is 575. The van der Waals surface area contributed by atoms with E-state index in [4.69, 9.17) is 5.11 Å². The molecule has 0 radical (unpaired) electrons. The highest BCUT2D eigenvalue weighted by molar-refractivity contribution is 9.10. The van der Waals surface area contributed by atoms with Gasteiger partial charge in [-0.1, -0.05) is 6.07 Å². The van der Waals surface area contributed by atoms with Crippen LogP contribution in [0, 0.1) is 0 Å². The highest BCUT2D eigenvalue weighted by atomic mass is 79.9. The zero-order valence-corrected chi connectivity index (χ0v) is 12.8. The third-order valence-corrected chi connectivity index (χ3v) is 4.95. The van der Waals surface area contributed by atoms with Gasteiger partial charge in [0.25, 0.3) is 0 Å². The van der Waals surface area contributed by atoms with Gasteiger partial charge in [-0.05, 0) is 40.5 Å². The van der Waals surface area contributed by atoms with Crippen LogP contribution in [0.2, 0.25) is 0 Å². The Labute approximate surface area is 123 Å². The fraction of sp³-hybridized carbons (Fsp3) is 0.455. The van der Waals surface area contributed by atoms with Gasteiger partial charge in [-0.2, -0.15) is 13.2 Å². The smallest absolute Gasteiger partial charge is 0.390 e. The predicted molar refractivity (Wildman–Crippen MR) is 70.5 cm³/mol. The maximum Gasteiger partial charge on any atom is 0.390 e. The van der Waals surface area contributed by atoms with E-state index in [0.717, 1.165) is 6.92 Å². The lowest BCUT2D eigenvalue weighted by Crippen LogP contribution is -2.36. The van der Waals surface area contributed by atoms with Crippen molar-refractivity contribution >= 4 is 26.0 Å². The summed E-state index contributed by atoms with van der Waals surface area (Å²) in [5.74, 6) is 0. The van der Waals surface area contributed by atoms with Crippen LogP contribution in [0.25, 0.3) is 0 Å². The number of hydrogen-bond acceptors (Lipinski definition) is 3. The van der Waals surface area contributed by atoms with Crippen LogP contribution in [0.3, 0.4) is 0 Å². The van der Waals surface area contributed by atoms with Gasteiger partial charge >= 0.3 is 6.18 Å². The average molecular weight is 376 g/mol. The van der Waals surface area contributed by atoms with Crippen molar-refractivity contribution in [1.29, 1.82) is 0 Å². The second-order valence-corrected chi connectivity index (χ2v) is 6.80. The van der Waals surface area contributed by atoms with Gasteiger partial charge in [0.1, 0.15) is 0 Å². The quantitative estimate of drug-likeness (QED) is 0.830. The Morgan fingerprint density at radius 3 is 2.50 bits per heavy atom. The first kappa shape index (κ1) is 17.4. The Morgan fingerprint density at radius 1 is 1.40 bits per heavy atom. The van der Waals surface area contributed by atoms with Crippen LogP contribution in [-0.2, 0) is 16.6 Å². The number of aliphatic hydroxyl groups is 1. The number of aliphatic hydroxyl groups excluding tert-OH is 1. The molecule has 9 heteroatoms. The summed E-state index contributed by atoms with van der Waals surface area (Å²) < 4.78 is 62.8. The van der Waals surface area contributed by atoms with E-state index in [2.05, 4.69) is 15.9 Å². The van der Waals surface area contributed by atoms with Crippen molar-refractivity contribution in [3.63, 3.8) is 0 Å². The molecule has 0 spiro atoms. The van der Waals surface area contributed by atoms with Gasteiger partial charge in [0, 0.05) is 10.5 Å². The average Bonchev–Trinajstić information content (AvgIpc) is 2.25. The van der Waals surface area contributed by atoms with E-state index in [-0.39, 0.29) is 16.0 Å². The third kappa shape index (κ3) is 5.04. The van der Waals surface area contributed by atoms with Gasteiger partial charge < -0.3 is 5.11 Å². The second kappa shape index (κ2) is 6.42. The molecule has 2 N–H and O–H groups in total. The molecule has 0 aliphatic heterocycles. The largest absolute Gasteiger partial charge is 0.392 e. The van der Waals surface area contributed by atoms with Gasteiger partial charge in [0.05, 0.1) is 17.9 Å². The summed E-state index contributed by atoms with van der Waals surface area (Å²) in [6.45, 7) is 0.767. The van der Waals surface area contributed by atoms with Crippen molar-refractivity contribution in [2.75, 3.05) is 0 Å². The van der Waals surface area contributed by atoms with E-state index >= 15 is 0 Å². The maximum atomic E-state index is 12.2. The van der Waals surface area contributed by atoms with Gasteiger partial charge in [-0.15, -0.1) is 0 Å². The fourth-order valence-electron chi connectivity index (χ4n) is 1.57. The molecule has 0 saturated carbocycles. The molecule has 0 bridgehead atoms. The van der Waals surface area contributed by atoms with Crippen LogP contribution >= 0.6 is 15.9 Å². The molecule has 1 unspecified atom stereocenters. The molecule has 0 heterocycles. The monoisotopic (exact) mass is 375 g/mol. The first-order chi connectivity index (χ1) is 9.05. The van der Waals surface area contributed by atoms with Crippen LogP contribution in [0.5, 0.6) is 0 Å². The molecule has 0 aliphatic carbocycles. The lowest BCUT2D eigenvalue weighted by atomic mass is 10.2. The molecule has 1 atom stereocenters. The topological polar surface area (TPSA) is 66.4 Å². The van der Waals surface area contributed by atoms with E-state index in [1.54, 1.807) is 0 Å². The molecule has 0 fully saturated rings. The number of benzene rings is 1. The standard InChI is InChI=1S/C11H13BrF3NO3S/c1-7(5-11(13,14)15)16-20(18,19)10-4-8(6-17)2-3-9(10)12/h2-4,7,16-17H,5-6H2,1H3. The lowest BCUT2D eigenvalue weighted by Gasteiger charge is -2.17. The van der Waals surface area contributed by atoms with Crippen LogP contribution in [0.4, 0.5) is 13.2 Å². The van der Waals surface area contributed by atoms with E-state index in [9.17, 15) is 21.6 Å². The fourth-order valence-corrected chi connectivity index (χ4v) is 3.83. The first-order valence-electron chi connectivity index (χ1n) is 5.53. The summed E-state index contributed by atoms with van der Waals surface area (Å²) in [6.07, 6.45) is -5.71.